The van der Waals surface area contributed by atoms with Crippen molar-refractivity contribution in [3.05, 3.63) is 75.9 Å². The summed E-state index contributed by atoms with van der Waals surface area (Å²) in [6.07, 6.45) is 3.99. The summed E-state index contributed by atoms with van der Waals surface area (Å²) in [7, 11) is 0. The van der Waals surface area contributed by atoms with Crippen molar-refractivity contribution in [2.45, 2.75) is 6.42 Å². The van der Waals surface area contributed by atoms with Gasteiger partial charge in [0.25, 0.3) is 0 Å². The number of rotatable bonds is 5. The second-order valence-electron chi connectivity index (χ2n) is 4.60. The highest BCUT2D eigenvalue weighted by atomic mass is 35.5. The quantitative estimate of drug-likeness (QED) is 0.830. The van der Waals surface area contributed by atoms with Gasteiger partial charge < -0.3 is 10.6 Å². The highest BCUT2D eigenvalue weighted by Gasteiger charge is 2.01. The summed E-state index contributed by atoms with van der Waals surface area (Å²) >= 11 is 12.1. The summed E-state index contributed by atoms with van der Waals surface area (Å²) in [5, 5.41) is 6.75. The topological polar surface area (TPSA) is 41.1 Å². The second kappa shape index (κ2) is 8.47. The van der Waals surface area contributed by atoms with Crippen LogP contribution >= 0.6 is 23.2 Å². The Morgan fingerprint density at radius 2 is 1.68 bits per heavy atom. The lowest BCUT2D eigenvalue weighted by molar-refractivity contribution is 0.244. The van der Waals surface area contributed by atoms with Crippen molar-refractivity contribution < 1.29 is 4.79 Å². The molecule has 0 unspecified atom stereocenters. The van der Waals surface area contributed by atoms with Gasteiger partial charge in [-0.2, -0.15) is 0 Å². The maximum atomic E-state index is 11.7. The third-order valence-electron chi connectivity index (χ3n) is 3.02. The van der Waals surface area contributed by atoms with Crippen LogP contribution < -0.4 is 10.6 Å². The Kier molecular flexibility index (Phi) is 6.31. The molecule has 3 nitrogen and oxygen atoms in total. The van der Waals surface area contributed by atoms with Crippen molar-refractivity contribution in [1.29, 1.82) is 0 Å². The molecule has 0 bridgehead atoms. The average Bonchev–Trinajstić information content (AvgIpc) is 2.51. The molecule has 5 heteroatoms. The molecule has 0 atom stereocenters. The number of benzene rings is 2. The molecular weight excluding hydrogens is 319 g/mol. The van der Waals surface area contributed by atoms with E-state index in [2.05, 4.69) is 10.6 Å². The van der Waals surface area contributed by atoms with Crippen molar-refractivity contribution in [3.8, 4) is 0 Å². The maximum Gasteiger partial charge on any atom is 0.318 e. The minimum atomic E-state index is -0.268. The Morgan fingerprint density at radius 1 is 1.00 bits per heavy atom. The van der Waals surface area contributed by atoms with E-state index in [4.69, 9.17) is 23.2 Å². The van der Waals surface area contributed by atoms with E-state index < -0.39 is 0 Å². The van der Waals surface area contributed by atoms with Crippen LogP contribution in [0.2, 0.25) is 10.0 Å². The van der Waals surface area contributed by atoms with E-state index in [0.717, 1.165) is 11.1 Å². The molecule has 0 saturated carbocycles. The van der Waals surface area contributed by atoms with E-state index in [1.807, 2.05) is 42.5 Å². The molecule has 22 heavy (non-hydrogen) atoms. The zero-order chi connectivity index (χ0) is 15.8. The highest BCUT2D eigenvalue weighted by molar-refractivity contribution is 6.32. The Labute approximate surface area is 139 Å². The summed E-state index contributed by atoms with van der Waals surface area (Å²) < 4.78 is 0. The molecule has 2 amide bonds. The van der Waals surface area contributed by atoms with Gasteiger partial charge in [-0.1, -0.05) is 59.6 Å². The van der Waals surface area contributed by atoms with Gasteiger partial charge >= 0.3 is 6.03 Å². The minimum absolute atomic E-state index is 0.268. The zero-order valence-corrected chi connectivity index (χ0v) is 13.4. The Morgan fingerprint density at radius 3 is 2.41 bits per heavy atom. The molecule has 0 heterocycles. The molecule has 114 valence electrons. The lowest BCUT2D eigenvalue weighted by atomic mass is 10.1. The molecule has 0 saturated heterocycles. The van der Waals surface area contributed by atoms with Crippen LogP contribution in [-0.4, -0.2) is 12.6 Å². The number of carbonyl (C=O) groups excluding carboxylic acids is 1. The highest BCUT2D eigenvalue weighted by Crippen LogP contribution is 2.16. The van der Waals surface area contributed by atoms with Gasteiger partial charge in [-0.15, -0.1) is 0 Å². The molecule has 0 aliphatic rings. The number of amides is 2. The van der Waals surface area contributed by atoms with Gasteiger partial charge in [0, 0.05) is 22.8 Å². The SMILES string of the molecule is O=C(N/C=C/c1ccccc1Cl)NCCc1ccccc1Cl. The van der Waals surface area contributed by atoms with Crippen LogP contribution in [-0.2, 0) is 6.42 Å². The first-order chi connectivity index (χ1) is 10.7. The second-order valence-corrected chi connectivity index (χ2v) is 5.41. The first-order valence-electron chi connectivity index (χ1n) is 6.85. The molecule has 0 radical (unpaired) electrons. The van der Waals surface area contributed by atoms with Gasteiger partial charge in [0.1, 0.15) is 0 Å². The molecule has 0 fully saturated rings. The Balaban J connectivity index is 1.75. The number of urea groups is 1. The number of halogens is 2. The summed E-state index contributed by atoms with van der Waals surface area (Å²) in [4.78, 5) is 11.7. The maximum absolute atomic E-state index is 11.7. The van der Waals surface area contributed by atoms with Crippen molar-refractivity contribution in [2.75, 3.05) is 6.54 Å². The van der Waals surface area contributed by atoms with Gasteiger partial charge in [0.2, 0.25) is 0 Å². The first kappa shape index (κ1) is 16.4. The van der Waals surface area contributed by atoms with E-state index >= 15 is 0 Å². The van der Waals surface area contributed by atoms with Crippen molar-refractivity contribution in [2.24, 2.45) is 0 Å². The lowest BCUT2D eigenvalue weighted by Crippen LogP contribution is -2.33. The van der Waals surface area contributed by atoms with E-state index in [-0.39, 0.29) is 6.03 Å². The number of hydrogen-bond acceptors (Lipinski definition) is 1. The van der Waals surface area contributed by atoms with E-state index in [1.165, 1.54) is 0 Å². The molecule has 2 N–H and O–H groups in total. The van der Waals surface area contributed by atoms with Crippen LogP contribution in [0.1, 0.15) is 11.1 Å². The van der Waals surface area contributed by atoms with Gasteiger partial charge in [-0.25, -0.2) is 4.79 Å². The Bertz CT molecular complexity index is 671. The van der Waals surface area contributed by atoms with Crippen LogP contribution in [0.25, 0.3) is 6.08 Å². The zero-order valence-electron chi connectivity index (χ0n) is 11.9. The predicted octanol–water partition coefficient (Wildman–Crippen LogP) is 4.51. The van der Waals surface area contributed by atoms with Gasteiger partial charge in [0.15, 0.2) is 0 Å². The summed E-state index contributed by atoms with van der Waals surface area (Å²) in [5.41, 5.74) is 1.86. The molecule has 2 aromatic rings. The number of carbonyl (C=O) groups is 1. The van der Waals surface area contributed by atoms with Gasteiger partial charge in [-0.3, -0.25) is 0 Å². The normalized spacial score (nSPS) is 10.6. The van der Waals surface area contributed by atoms with E-state index in [0.29, 0.717) is 23.0 Å². The minimum Gasteiger partial charge on any atom is -0.338 e. The molecule has 0 spiro atoms. The third-order valence-corrected chi connectivity index (χ3v) is 3.73. The van der Waals surface area contributed by atoms with E-state index in [1.54, 1.807) is 18.3 Å². The van der Waals surface area contributed by atoms with Crippen molar-refractivity contribution in [1.82, 2.24) is 10.6 Å². The van der Waals surface area contributed by atoms with Crippen LogP contribution in [0.3, 0.4) is 0 Å². The standard InChI is InChI=1S/C17H16Cl2N2O/c18-15-7-3-1-5-13(15)9-11-20-17(22)21-12-10-14-6-2-4-8-16(14)19/h1-9,11H,10,12H2,(H2,20,21,22)/b11-9+. The first-order valence-corrected chi connectivity index (χ1v) is 7.61. The van der Waals surface area contributed by atoms with Crippen LogP contribution in [0, 0.1) is 0 Å². The van der Waals surface area contributed by atoms with Gasteiger partial charge in [0.05, 0.1) is 0 Å². The molecule has 2 rings (SSSR count). The van der Waals surface area contributed by atoms with Crippen LogP contribution in [0.4, 0.5) is 4.79 Å². The molecule has 0 aromatic heterocycles. The summed E-state index contributed by atoms with van der Waals surface area (Å²) in [6.45, 7) is 0.509. The van der Waals surface area contributed by atoms with Crippen molar-refractivity contribution >= 4 is 35.3 Å². The van der Waals surface area contributed by atoms with Crippen LogP contribution in [0.5, 0.6) is 0 Å². The summed E-state index contributed by atoms with van der Waals surface area (Å²) in [5.74, 6) is 0. The fraction of sp³-hybridized carbons (Fsp3) is 0.118. The fourth-order valence-corrected chi connectivity index (χ4v) is 2.31. The largest absolute Gasteiger partial charge is 0.338 e. The molecule has 2 aromatic carbocycles. The van der Waals surface area contributed by atoms with E-state index in [9.17, 15) is 4.79 Å². The summed E-state index contributed by atoms with van der Waals surface area (Å²) in [6, 6.07) is 14.7. The molecular formula is C17H16Cl2N2O. The third kappa shape index (κ3) is 5.10. The van der Waals surface area contributed by atoms with Crippen molar-refractivity contribution in [3.63, 3.8) is 0 Å². The average molecular weight is 335 g/mol. The number of nitrogens with one attached hydrogen (secondary N) is 2. The van der Waals surface area contributed by atoms with Gasteiger partial charge in [-0.05, 0) is 35.8 Å². The lowest BCUT2D eigenvalue weighted by Gasteiger charge is -2.06. The number of hydrogen-bond donors (Lipinski definition) is 2. The fourth-order valence-electron chi connectivity index (χ4n) is 1.88. The molecule has 0 aliphatic heterocycles. The smallest absolute Gasteiger partial charge is 0.318 e. The molecule has 0 aliphatic carbocycles. The van der Waals surface area contributed by atoms with Crippen LogP contribution in [0.15, 0.2) is 54.7 Å². The predicted molar refractivity (Wildman–Crippen MR) is 92.2 cm³/mol. The Hall–Kier alpha value is -1.97. The monoisotopic (exact) mass is 334 g/mol.